The van der Waals surface area contributed by atoms with Crippen LogP contribution in [-0.2, 0) is 5.41 Å². The molecule has 8 aromatic carbocycles. The Morgan fingerprint density at radius 1 is 0.500 bits per heavy atom. The zero-order valence-corrected chi connectivity index (χ0v) is 32.7. The van der Waals surface area contributed by atoms with Crippen molar-refractivity contribution in [3.05, 3.63) is 227 Å². The highest BCUT2D eigenvalue weighted by atomic mass is 16.5. The highest BCUT2D eigenvalue weighted by Gasteiger charge is 2.51. The number of para-hydroxylation sites is 1. The second-order valence-corrected chi connectivity index (χ2v) is 16.4. The van der Waals surface area contributed by atoms with E-state index in [0.717, 1.165) is 58.3 Å². The third-order valence-electron chi connectivity index (χ3n) is 13.2. The van der Waals surface area contributed by atoms with E-state index in [-0.39, 0.29) is 0 Å². The van der Waals surface area contributed by atoms with E-state index in [1.807, 2.05) is 0 Å². The van der Waals surface area contributed by atoms with E-state index < -0.39 is 11.6 Å². The van der Waals surface area contributed by atoms with Gasteiger partial charge in [0.2, 0.25) is 0 Å². The molecule has 13 rings (SSSR count). The Balaban J connectivity index is 0.899. The molecule has 5 aliphatic rings. The maximum absolute atomic E-state index is 6.86. The van der Waals surface area contributed by atoms with Gasteiger partial charge in [-0.3, -0.25) is 0 Å². The summed E-state index contributed by atoms with van der Waals surface area (Å²) in [7, 11) is 0. The van der Waals surface area contributed by atoms with Gasteiger partial charge in [0, 0.05) is 22.3 Å². The van der Waals surface area contributed by atoms with Gasteiger partial charge < -0.3 is 10.1 Å². The maximum atomic E-state index is 6.86. The predicted molar refractivity (Wildman–Crippen MR) is 244 cm³/mol. The fraction of sp³-hybridized carbons (Fsp3) is 0.0714. The molecule has 0 bridgehead atoms. The summed E-state index contributed by atoms with van der Waals surface area (Å²) in [5.74, 6) is 3.38. The third-order valence-corrected chi connectivity index (χ3v) is 13.2. The molecule has 0 radical (unpaired) electrons. The van der Waals surface area contributed by atoms with E-state index in [1.54, 1.807) is 0 Å². The largest absolute Gasteiger partial charge is 0.457 e. The summed E-state index contributed by atoms with van der Waals surface area (Å²) in [6, 6.07) is 61.8. The molecule has 4 heteroatoms. The molecule has 0 aromatic heterocycles. The lowest BCUT2D eigenvalue weighted by atomic mass is 9.66. The minimum absolute atomic E-state index is 0.464. The second kappa shape index (κ2) is 12.7. The normalized spacial score (nSPS) is 17.0. The van der Waals surface area contributed by atoms with Crippen LogP contribution in [0.3, 0.4) is 0 Å². The van der Waals surface area contributed by atoms with Crippen molar-refractivity contribution in [1.82, 2.24) is 5.32 Å². The lowest BCUT2D eigenvalue weighted by molar-refractivity contribution is 0.435. The van der Waals surface area contributed by atoms with Crippen LogP contribution in [0.1, 0.15) is 52.4 Å². The zero-order valence-electron chi connectivity index (χ0n) is 32.7. The summed E-state index contributed by atoms with van der Waals surface area (Å²) in [4.78, 5) is 10.6. The molecule has 0 saturated heterocycles. The minimum Gasteiger partial charge on any atom is -0.457 e. The summed E-state index contributed by atoms with van der Waals surface area (Å²) in [5, 5.41) is 6.30. The Kier molecular flexibility index (Phi) is 7.08. The fourth-order valence-electron chi connectivity index (χ4n) is 10.5. The molecule has 1 atom stereocenters. The van der Waals surface area contributed by atoms with Crippen LogP contribution >= 0.6 is 0 Å². The van der Waals surface area contributed by atoms with Crippen LogP contribution in [0.4, 0.5) is 0 Å². The predicted octanol–water partition coefficient (Wildman–Crippen LogP) is 13.3. The molecular weight excluding hydrogens is 731 g/mol. The standard InChI is InChI=1S/C56H37N3O/c1-2-12-36(13-3-1)53-57-54(37-26-24-34(25-27-37)38-28-30-40-43-18-10-14-35-15-11-19-44(52(35)43)45(40)32-38)59-55(58-53)39-29-31-49-51(33-39)60-50-23-9-8-22-48(50)56(49)46-20-6-4-16-41(46)42-17-5-7-21-47(42)56/h1-2,4-12,14-33,55H,3,13H2,(H,57,58,59). The van der Waals surface area contributed by atoms with Gasteiger partial charge in [-0.05, 0) is 103 Å². The molecule has 8 aromatic rings. The van der Waals surface area contributed by atoms with Gasteiger partial charge in [0.05, 0.1) is 5.41 Å². The Bertz CT molecular complexity index is 3220. The third kappa shape index (κ3) is 4.73. The van der Waals surface area contributed by atoms with Crippen molar-refractivity contribution in [2.24, 2.45) is 9.98 Å². The first-order valence-electron chi connectivity index (χ1n) is 20.9. The molecule has 0 amide bonds. The fourth-order valence-corrected chi connectivity index (χ4v) is 10.5. The minimum atomic E-state index is -0.510. The van der Waals surface area contributed by atoms with E-state index in [4.69, 9.17) is 14.7 Å². The summed E-state index contributed by atoms with van der Waals surface area (Å²) in [5.41, 5.74) is 17.7. The lowest BCUT2D eigenvalue weighted by Crippen LogP contribution is -2.36. The van der Waals surface area contributed by atoms with Gasteiger partial charge in [0.15, 0.2) is 6.17 Å². The van der Waals surface area contributed by atoms with Crippen LogP contribution in [0.15, 0.2) is 204 Å². The molecule has 2 heterocycles. The first-order chi connectivity index (χ1) is 29.7. The van der Waals surface area contributed by atoms with Crippen LogP contribution in [0, 0.1) is 0 Å². The van der Waals surface area contributed by atoms with E-state index in [0.29, 0.717) is 0 Å². The molecular formula is C56H37N3O. The SMILES string of the molecule is C1=CCCC(C2=NC(c3ccc4c(c3)Oc3ccccc3C43c4ccccc4-c4ccccc43)N=C(c3ccc(-c4ccc5c(c4)-c4cccc6cccc-5c46)cc3)N2)=C1. The Hall–Kier alpha value is -7.56. The van der Waals surface area contributed by atoms with Gasteiger partial charge in [-0.1, -0.05) is 170 Å². The Labute approximate surface area is 348 Å². The average molecular weight is 768 g/mol. The number of rotatable bonds is 4. The molecule has 60 heavy (non-hydrogen) atoms. The van der Waals surface area contributed by atoms with Crippen LogP contribution < -0.4 is 10.1 Å². The number of hydrogen-bond donors (Lipinski definition) is 1. The number of nitrogens with one attached hydrogen (secondary N) is 1. The van der Waals surface area contributed by atoms with Crippen LogP contribution in [0.2, 0.25) is 0 Å². The zero-order chi connectivity index (χ0) is 39.4. The lowest BCUT2D eigenvalue weighted by Gasteiger charge is -2.39. The summed E-state index contributed by atoms with van der Waals surface area (Å²) in [6.45, 7) is 0. The monoisotopic (exact) mass is 767 g/mol. The summed E-state index contributed by atoms with van der Waals surface area (Å²) >= 11 is 0. The van der Waals surface area contributed by atoms with Crippen molar-refractivity contribution in [3.63, 3.8) is 0 Å². The number of allylic oxidation sites excluding steroid dienone is 3. The number of amidine groups is 2. The van der Waals surface area contributed by atoms with Crippen LogP contribution in [0.25, 0.3) is 55.3 Å². The molecule has 0 saturated carbocycles. The first kappa shape index (κ1) is 33.4. The van der Waals surface area contributed by atoms with E-state index in [1.165, 1.54) is 72.0 Å². The Morgan fingerprint density at radius 3 is 1.92 bits per heavy atom. The molecule has 1 N–H and O–H groups in total. The van der Waals surface area contributed by atoms with Gasteiger partial charge in [0.25, 0.3) is 0 Å². The molecule has 2 aliphatic heterocycles. The van der Waals surface area contributed by atoms with Crippen molar-refractivity contribution in [2.45, 2.75) is 24.4 Å². The number of ether oxygens (including phenoxy) is 1. The van der Waals surface area contributed by atoms with Gasteiger partial charge in [0.1, 0.15) is 23.2 Å². The number of nitrogens with zero attached hydrogens (tertiary/aromatic N) is 2. The summed E-state index contributed by atoms with van der Waals surface area (Å²) < 4.78 is 6.86. The number of benzene rings is 8. The molecule has 282 valence electrons. The van der Waals surface area contributed by atoms with Crippen LogP contribution in [-0.4, -0.2) is 11.7 Å². The number of fused-ring (bicyclic) bond motifs is 12. The molecule has 1 spiro atoms. The maximum Gasteiger partial charge on any atom is 0.169 e. The van der Waals surface area contributed by atoms with E-state index >= 15 is 0 Å². The van der Waals surface area contributed by atoms with Crippen molar-refractivity contribution >= 4 is 22.4 Å². The highest BCUT2D eigenvalue weighted by Crippen LogP contribution is 2.62. The first-order valence-corrected chi connectivity index (χ1v) is 20.9. The van der Waals surface area contributed by atoms with Crippen molar-refractivity contribution in [2.75, 3.05) is 0 Å². The number of hydrogen-bond acceptors (Lipinski definition) is 4. The Morgan fingerprint density at radius 2 is 1.15 bits per heavy atom. The van der Waals surface area contributed by atoms with Crippen molar-refractivity contribution in [1.29, 1.82) is 0 Å². The number of aliphatic imine (C=N–C) groups is 2. The second-order valence-electron chi connectivity index (χ2n) is 16.4. The molecule has 4 nitrogen and oxygen atoms in total. The van der Waals surface area contributed by atoms with Gasteiger partial charge in [-0.2, -0.15) is 0 Å². The van der Waals surface area contributed by atoms with Gasteiger partial charge >= 0.3 is 0 Å². The van der Waals surface area contributed by atoms with E-state index in [9.17, 15) is 0 Å². The molecule has 1 unspecified atom stereocenters. The van der Waals surface area contributed by atoms with Crippen LogP contribution in [0.5, 0.6) is 11.5 Å². The average Bonchev–Trinajstić information content (AvgIpc) is 3.80. The topological polar surface area (TPSA) is 46.0 Å². The molecule has 3 aliphatic carbocycles. The molecule has 0 fully saturated rings. The quantitative estimate of drug-likeness (QED) is 0.194. The smallest absolute Gasteiger partial charge is 0.169 e. The summed E-state index contributed by atoms with van der Waals surface area (Å²) in [6.07, 6.45) is 7.96. The van der Waals surface area contributed by atoms with Crippen molar-refractivity contribution in [3.8, 4) is 56.0 Å². The van der Waals surface area contributed by atoms with Gasteiger partial charge in [-0.25, -0.2) is 9.98 Å². The van der Waals surface area contributed by atoms with Gasteiger partial charge in [-0.15, -0.1) is 0 Å². The highest BCUT2D eigenvalue weighted by molar-refractivity contribution is 6.17. The van der Waals surface area contributed by atoms with Crippen molar-refractivity contribution < 1.29 is 4.74 Å². The van der Waals surface area contributed by atoms with E-state index in [2.05, 4.69) is 193 Å².